The number of hydrogen-bond donors (Lipinski definition) is 1. The van der Waals surface area contributed by atoms with E-state index in [9.17, 15) is 0 Å². The molecule has 0 fully saturated rings. The fraction of sp³-hybridized carbons (Fsp3) is 0.500. The molecule has 0 radical (unpaired) electrons. The van der Waals surface area contributed by atoms with Crippen LogP contribution in [0.25, 0.3) is 0 Å². The summed E-state index contributed by atoms with van der Waals surface area (Å²) >= 11 is 0. The third-order valence-corrected chi connectivity index (χ3v) is 2.71. The summed E-state index contributed by atoms with van der Waals surface area (Å²) in [5.74, 6) is 0. The van der Waals surface area contributed by atoms with Crippen LogP contribution in [0.4, 0.5) is 5.69 Å². The number of aryl methyl sites for hydroxylation is 1. The van der Waals surface area contributed by atoms with Crippen LogP contribution < -0.4 is 5.32 Å². The van der Waals surface area contributed by atoms with Gasteiger partial charge in [-0.2, -0.15) is 5.26 Å². The van der Waals surface area contributed by atoms with Gasteiger partial charge < -0.3 is 10.2 Å². The molecule has 1 aromatic rings. The molecular formula is C14H21N3. The van der Waals surface area contributed by atoms with Crippen molar-refractivity contribution < 1.29 is 0 Å². The highest BCUT2D eigenvalue weighted by atomic mass is 15.1. The van der Waals surface area contributed by atoms with Gasteiger partial charge in [-0.3, -0.25) is 0 Å². The number of nitrogens with zero attached hydrogens (tertiary/aromatic N) is 2. The molecule has 0 aliphatic rings. The van der Waals surface area contributed by atoms with Crippen LogP contribution in [0.5, 0.6) is 0 Å². The molecule has 17 heavy (non-hydrogen) atoms. The lowest BCUT2D eigenvalue weighted by Crippen LogP contribution is -2.23. The first-order valence-electron chi connectivity index (χ1n) is 5.95. The van der Waals surface area contributed by atoms with Gasteiger partial charge in [-0.05, 0) is 58.6 Å². The minimum absolute atomic E-state index is 0.367. The number of rotatable bonds is 5. The summed E-state index contributed by atoms with van der Waals surface area (Å²) in [7, 11) is 4.14. The van der Waals surface area contributed by atoms with Crippen molar-refractivity contribution in [3.8, 4) is 6.07 Å². The van der Waals surface area contributed by atoms with E-state index in [1.54, 1.807) is 0 Å². The Balaban J connectivity index is 2.67. The molecule has 1 unspecified atom stereocenters. The fourth-order valence-corrected chi connectivity index (χ4v) is 1.66. The lowest BCUT2D eigenvalue weighted by molar-refractivity contribution is 0.390. The summed E-state index contributed by atoms with van der Waals surface area (Å²) in [6.45, 7) is 5.23. The van der Waals surface area contributed by atoms with Crippen molar-refractivity contribution in [2.24, 2.45) is 0 Å². The van der Waals surface area contributed by atoms with Crippen LogP contribution in [0.15, 0.2) is 18.2 Å². The Morgan fingerprint density at radius 2 is 2.12 bits per heavy atom. The first-order chi connectivity index (χ1) is 8.02. The minimum Gasteiger partial charge on any atom is -0.381 e. The highest BCUT2D eigenvalue weighted by Gasteiger charge is 2.06. The normalized spacial score (nSPS) is 12.2. The van der Waals surface area contributed by atoms with E-state index in [0.717, 1.165) is 18.7 Å². The predicted octanol–water partition coefficient (Wildman–Crippen LogP) is 2.62. The zero-order chi connectivity index (χ0) is 12.8. The van der Waals surface area contributed by atoms with Gasteiger partial charge in [0.1, 0.15) is 6.07 Å². The molecule has 0 heterocycles. The third-order valence-electron chi connectivity index (χ3n) is 2.71. The topological polar surface area (TPSA) is 39.1 Å². The molecule has 3 nitrogen and oxygen atoms in total. The zero-order valence-corrected chi connectivity index (χ0v) is 11.1. The second-order valence-corrected chi connectivity index (χ2v) is 4.80. The second kappa shape index (κ2) is 6.27. The Labute approximate surface area is 104 Å². The van der Waals surface area contributed by atoms with Crippen LogP contribution in [0.1, 0.15) is 24.5 Å². The molecule has 3 heteroatoms. The van der Waals surface area contributed by atoms with Crippen LogP contribution in [0.2, 0.25) is 0 Å². The van der Waals surface area contributed by atoms with Crippen LogP contribution >= 0.6 is 0 Å². The van der Waals surface area contributed by atoms with Crippen LogP contribution in [0.3, 0.4) is 0 Å². The highest BCUT2D eigenvalue weighted by molar-refractivity contribution is 5.59. The first-order valence-corrected chi connectivity index (χ1v) is 5.95. The average molecular weight is 231 g/mol. The van der Waals surface area contributed by atoms with Gasteiger partial charge >= 0.3 is 0 Å². The summed E-state index contributed by atoms with van der Waals surface area (Å²) in [6.07, 6.45) is 1.06. The van der Waals surface area contributed by atoms with Gasteiger partial charge in [0.05, 0.1) is 11.3 Å². The standard InChI is InChI=1S/C14H21N3/c1-11-5-6-13(10-15)14(9-11)16-12(2)7-8-17(3)4/h5-6,9,12,16H,7-8H2,1-4H3. The summed E-state index contributed by atoms with van der Waals surface area (Å²) < 4.78 is 0. The molecule has 1 atom stereocenters. The largest absolute Gasteiger partial charge is 0.381 e. The van der Waals surface area contributed by atoms with Gasteiger partial charge in [-0.25, -0.2) is 0 Å². The van der Waals surface area contributed by atoms with Crippen molar-refractivity contribution in [1.82, 2.24) is 4.90 Å². The van der Waals surface area contributed by atoms with Gasteiger partial charge in [0, 0.05) is 6.04 Å². The number of nitrogens with one attached hydrogen (secondary N) is 1. The van der Waals surface area contributed by atoms with Gasteiger partial charge in [0.25, 0.3) is 0 Å². The molecule has 0 aliphatic carbocycles. The summed E-state index contributed by atoms with van der Waals surface area (Å²) in [5, 5.41) is 12.5. The van der Waals surface area contributed by atoms with Crippen LogP contribution in [-0.2, 0) is 0 Å². The van der Waals surface area contributed by atoms with Crippen molar-refractivity contribution in [2.45, 2.75) is 26.3 Å². The molecule has 1 N–H and O–H groups in total. The van der Waals surface area contributed by atoms with E-state index in [2.05, 4.69) is 37.3 Å². The van der Waals surface area contributed by atoms with E-state index in [4.69, 9.17) is 5.26 Å². The van der Waals surface area contributed by atoms with Crippen molar-refractivity contribution in [2.75, 3.05) is 26.0 Å². The molecular weight excluding hydrogens is 210 g/mol. The van der Waals surface area contributed by atoms with Crippen LogP contribution in [0, 0.1) is 18.3 Å². The molecule has 0 bridgehead atoms. The van der Waals surface area contributed by atoms with E-state index in [-0.39, 0.29) is 0 Å². The molecule has 0 saturated carbocycles. The number of anilines is 1. The van der Waals surface area contributed by atoms with Gasteiger partial charge in [0.2, 0.25) is 0 Å². The van der Waals surface area contributed by atoms with E-state index in [1.807, 2.05) is 25.1 Å². The molecule has 1 rings (SSSR count). The van der Waals surface area contributed by atoms with Crippen molar-refractivity contribution in [3.05, 3.63) is 29.3 Å². The summed E-state index contributed by atoms with van der Waals surface area (Å²) in [5.41, 5.74) is 2.83. The second-order valence-electron chi connectivity index (χ2n) is 4.80. The van der Waals surface area contributed by atoms with E-state index in [1.165, 1.54) is 5.56 Å². The maximum atomic E-state index is 9.04. The minimum atomic E-state index is 0.367. The molecule has 92 valence electrons. The Morgan fingerprint density at radius 1 is 1.41 bits per heavy atom. The van der Waals surface area contributed by atoms with E-state index < -0.39 is 0 Å². The first kappa shape index (κ1) is 13.5. The lowest BCUT2D eigenvalue weighted by atomic mass is 10.1. The summed E-state index contributed by atoms with van der Waals surface area (Å²) in [4.78, 5) is 2.17. The lowest BCUT2D eigenvalue weighted by Gasteiger charge is -2.18. The Morgan fingerprint density at radius 3 is 2.71 bits per heavy atom. The Bertz CT molecular complexity index is 404. The predicted molar refractivity (Wildman–Crippen MR) is 72.1 cm³/mol. The molecule has 0 spiro atoms. The molecule has 0 aliphatic heterocycles. The molecule has 0 amide bonds. The molecule has 0 aromatic heterocycles. The van der Waals surface area contributed by atoms with E-state index >= 15 is 0 Å². The maximum absolute atomic E-state index is 9.04. The molecule has 1 aromatic carbocycles. The monoisotopic (exact) mass is 231 g/mol. The number of benzene rings is 1. The van der Waals surface area contributed by atoms with Gasteiger partial charge in [-0.15, -0.1) is 0 Å². The van der Waals surface area contributed by atoms with Gasteiger partial charge in [0.15, 0.2) is 0 Å². The Kier molecular flexibility index (Phi) is 4.99. The van der Waals surface area contributed by atoms with Crippen molar-refractivity contribution in [1.29, 1.82) is 5.26 Å². The van der Waals surface area contributed by atoms with Gasteiger partial charge in [-0.1, -0.05) is 6.07 Å². The van der Waals surface area contributed by atoms with Crippen LogP contribution in [-0.4, -0.2) is 31.6 Å². The van der Waals surface area contributed by atoms with Crippen molar-refractivity contribution >= 4 is 5.69 Å². The maximum Gasteiger partial charge on any atom is 0.101 e. The third kappa shape index (κ3) is 4.46. The average Bonchev–Trinajstić information content (AvgIpc) is 2.27. The van der Waals surface area contributed by atoms with Crippen molar-refractivity contribution in [3.63, 3.8) is 0 Å². The molecule has 0 saturated heterocycles. The number of hydrogen-bond acceptors (Lipinski definition) is 3. The highest BCUT2D eigenvalue weighted by Crippen LogP contribution is 2.18. The Hall–Kier alpha value is -1.53. The smallest absolute Gasteiger partial charge is 0.101 e. The zero-order valence-electron chi connectivity index (χ0n) is 11.1. The SMILES string of the molecule is Cc1ccc(C#N)c(NC(C)CCN(C)C)c1. The van der Waals surface area contributed by atoms with E-state index in [0.29, 0.717) is 11.6 Å². The summed E-state index contributed by atoms with van der Waals surface area (Å²) in [6, 6.07) is 8.46. The number of nitriles is 1. The quantitative estimate of drug-likeness (QED) is 0.846. The fourth-order valence-electron chi connectivity index (χ4n) is 1.66.